The van der Waals surface area contributed by atoms with E-state index in [4.69, 9.17) is 5.73 Å². The Morgan fingerprint density at radius 3 is 2.54 bits per heavy atom. The Bertz CT molecular complexity index is 921. The van der Waals surface area contributed by atoms with E-state index in [9.17, 15) is 13.2 Å². The average Bonchev–Trinajstić information content (AvgIpc) is 2.64. The third-order valence-electron chi connectivity index (χ3n) is 4.62. The van der Waals surface area contributed by atoms with Crippen molar-refractivity contribution in [1.29, 1.82) is 0 Å². The van der Waals surface area contributed by atoms with Crippen molar-refractivity contribution in [2.24, 2.45) is 10.1 Å². The van der Waals surface area contributed by atoms with Gasteiger partial charge in [-0.15, -0.1) is 16.8 Å². The standard InChI is InChI=1S/C19H24N4O3S.ClH/c1-13(2)14-5-7-15(8-6-14)17(20)12-21-19(24)16-4-3-9-23-10-11-27(25,26)22-18(16)23;/h3-9,13,17H,10-12,20H2,1-2H3,(H,21,24);1H. The molecule has 152 valence electrons. The lowest BCUT2D eigenvalue weighted by Crippen LogP contribution is -2.43. The summed E-state index contributed by atoms with van der Waals surface area (Å²) in [6, 6.07) is 7.65. The van der Waals surface area contributed by atoms with Crippen LogP contribution < -0.4 is 11.1 Å². The maximum absolute atomic E-state index is 12.6. The summed E-state index contributed by atoms with van der Waals surface area (Å²) in [6.07, 6.45) is 4.98. The Labute approximate surface area is 171 Å². The third kappa shape index (κ3) is 5.01. The van der Waals surface area contributed by atoms with Gasteiger partial charge in [0, 0.05) is 25.3 Å². The molecule has 0 bridgehead atoms. The van der Waals surface area contributed by atoms with Crippen LogP contribution in [0.2, 0.25) is 0 Å². The second-order valence-corrected chi connectivity index (χ2v) is 8.71. The Kier molecular flexibility index (Phi) is 7.03. The van der Waals surface area contributed by atoms with Crippen LogP contribution >= 0.6 is 12.4 Å². The van der Waals surface area contributed by atoms with Crippen molar-refractivity contribution in [2.45, 2.75) is 25.8 Å². The van der Waals surface area contributed by atoms with Gasteiger partial charge < -0.3 is 16.0 Å². The molecule has 1 unspecified atom stereocenters. The number of allylic oxidation sites excluding steroid dienone is 2. The largest absolute Gasteiger partial charge is 0.350 e. The second-order valence-electron chi connectivity index (χ2n) is 6.95. The summed E-state index contributed by atoms with van der Waals surface area (Å²) < 4.78 is 27.3. The molecule has 28 heavy (non-hydrogen) atoms. The first-order chi connectivity index (χ1) is 12.8. The summed E-state index contributed by atoms with van der Waals surface area (Å²) in [4.78, 5) is 14.2. The van der Waals surface area contributed by atoms with Crippen molar-refractivity contribution in [3.63, 3.8) is 0 Å². The van der Waals surface area contributed by atoms with E-state index in [0.717, 1.165) is 5.56 Å². The van der Waals surface area contributed by atoms with Crippen molar-refractivity contribution in [3.8, 4) is 0 Å². The van der Waals surface area contributed by atoms with E-state index < -0.39 is 15.9 Å². The van der Waals surface area contributed by atoms with Gasteiger partial charge in [-0.3, -0.25) is 4.79 Å². The zero-order valence-corrected chi connectivity index (χ0v) is 17.5. The Balaban J connectivity index is 0.00000280. The molecule has 9 heteroatoms. The average molecular weight is 425 g/mol. The molecule has 3 rings (SSSR count). The number of nitrogens with one attached hydrogen (secondary N) is 1. The second kappa shape index (κ2) is 8.89. The summed E-state index contributed by atoms with van der Waals surface area (Å²) in [6.45, 7) is 4.77. The number of nitrogens with zero attached hydrogens (tertiary/aromatic N) is 2. The van der Waals surface area contributed by atoms with Crippen LogP contribution in [0.15, 0.2) is 52.6 Å². The molecule has 1 amide bonds. The number of rotatable bonds is 5. The Hall–Kier alpha value is -2.16. The van der Waals surface area contributed by atoms with Gasteiger partial charge in [0.25, 0.3) is 15.9 Å². The molecular weight excluding hydrogens is 400 g/mol. The van der Waals surface area contributed by atoms with E-state index in [2.05, 4.69) is 23.6 Å². The molecule has 0 spiro atoms. The minimum absolute atomic E-state index is 0. The zero-order chi connectivity index (χ0) is 19.6. The first-order valence-corrected chi connectivity index (χ1v) is 10.5. The van der Waals surface area contributed by atoms with Gasteiger partial charge in [0.05, 0.1) is 11.3 Å². The van der Waals surface area contributed by atoms with Crippen LogP contribution in [0.3, 0.4) is 0 Å². The highest BCUT2D eigenvalue weighted by atomic mass is 35.5. The fourth-order valence-corrected chi connectivity index (χ4v) is 3.92. The van der Waals surface area contributed by atoms with Crippen LogP contribution in [0.25, 0.3) is 0 Å². The van der Waals surface area contributed by atoms with Crippen LogP contribution in [-0.4, -0.2) is 43.9 Å². The topological polar surface area (TPSA) is 105 Å². The lowest BCUT2D eigenvalue weighted by molar-refractivity contribution is -0.117. The lowest BCUT2D eigenvalue weighted by atomic mass is 9.99. The Morgan fingerprint density at radius 2 is 1.89 bits per heavy atom. The van der Waals surface area contributed by atoms with Crippen molar-refractivity contribution in [1.82, 2.24) is 10.2 Å². The van der Waals surface area contributed by atoms with Crippen LogP contribution in [0, 0.1) is 0 Å². The summed E-state index contributed by atoms with van der Waals surface area (Å²) in [5.41, 5.74) is 8.57. The molecule has 3 N–H and O–H groups in total. The highest BCUT2D eigenvalue weighted by Crippen LogP contribution is 2.19. The van der Waals surface area contributed by atoms with E-state index >= 15 is 0 Å². The molecule has 0 saturated heterocycles. The first-order valence-electron chi connectivity index (χ1n) is 8.88. The molecule has 0 aromatic heterocycles. The summed E-state index contributed by atoms with van der Waals surface area (Å²) in [5.74, 6) is 0.148. The van der Waals surface area contributed by atoms with Gasteiger partial charge in [0.1, 0.15) is 0 Å². The van der Waals surface area contributed by atoms with Crippen LogP contribution in [0.4, 0.5) is 0 Å². The number of carbonyl (C=O) groups is 1. The lowest BCUT2D eigenvalue weighted by Gasteiger charge is -2.28. The number of fused-ring (bicyclic) bond motifs is 1. The van der Waals surface area contributed by atoms with Crippen molar-refractivity contribution in [2.75, 3.05) is 18.8 Å². The van der Waals surface area contributed by atoms with Crippen molar-refractivity contribution >= 4 is 34.2 Å². The number of halogens is 1. The number of sulfonamides is 1. The van der Waals surface area contributed by atoms with Crippen LogP contribution in [-0.2, 0) is 14.8 Å². The molecule has 1 aromatic rings. The van der Waals surface area contributed by atoms with Gasteiger partial charge in [0.2, 0.25) is 0 Å². The SMILES string of the molecule is CC(C)c1ccc(C(N)CNC(=O)C2=CC=CN3CCS(=O)(=O)N=C23)cc1.Cl. The Morgan fingerprint density at radius 1 is 1.25 bits per heavy atom. The minimum atomic E-state index is -3.54. The molecule has 0 saturated carbocycles. The van der Waals surface area contributed by atoms with E-state index in [0.29, 0.717) is 5.92 Å². The third-order valence-corrected chi connectivity index (χ3v) is 5.77. The van der Waals surface area contributed by atoms with Crippen LogP contribution in [0.5, 0.6) is 0 Å². The smallest absolute Gasteiger partial charge is 0.256 e. The molecular formula is C19H25ClN4O3S. The van der Waals surface area contributed by atoms with Gasteiger partial charge in [-0.05, 0) is 29.2 Å². The van der Waals surface area contributed by atoms with Gasteiger partial charge >= 0.3 is 0 Å². The monoisotopic (exact) mass is 424 g/mol. The summed E-state index contributed by atoms with van der Waals surface area (Å²) in [7, 11) is -3.54. The van der Waals surface area contributed by atoms with Gasteiger partial charge in [0.15, 0.2) is 5.84 Å². The van der Waals surface area contributed by atoms with Gasteiger partial charge in [-0.1, -0.05) is 38.1 Å². The zero-order valence-electron chi connectivity index (χ0n) is 15.8. The molecule has 0 aliphatic carbocycles. The number of amidine groups is 1. The maximum Gasteiger partial charge on any atom is 0.256 e. The molecule has 0 fully saturated rings. The molecule has 0 radical (unpaired) electrons. The van der Waals surface area contributed by atoms with Crippen molar-refractivity contribution in [3.05, 3.63) is 59.3 Å². The summed E-state index contributed by atoms with van der Waals surface area (Å²) in [5, 5.41) is 2.78. The van der Waals surface area contributed by atoms with E-state index in [1.807, 2.05) is 24.3 Å². The number of carbonyl (C=O) groups excluding carboxylic acids is 1. The molecule has 2 aliphatic rings. The number of benzene rings is 1. The predicted octanol–water partition coefficient (Wildman–Crippen LogP) is 1.85. The summed E-state index contributed by atoms with van der Waals surface area (Å²) >= 11 is 0. The quantitative estimate of drug-likeness (QED) is 0.750. The van der Waals surface area contributed by atoms with Crippen LogP contribution in [0.1, 0.15) is 36.9 Å². The predicted molar refractivity (Wildman–Crippen MR) is 113 cm³/mol. The minimum Gasteiger partial charge on any atom is -0.350 e. The number of hydrogen-bond acceptors (Lipinski definition) is 5. The highest BCUT2D eigenvalue weighted by Gasteiger charge is 2.29. The van der Waals surface area contributed by atoms with E-state index in [-0.39, 0.29) is 48.7 Å². The molecule has 2 heterocycles. The number of nitrogens with two attached hydrogens (primary N) is 1. The fraction of sp³-hybridized carbons (Fsp3) is 0.368. The molecule has 1 atom stereocenters. The number of hydrogen-bond donors (Lipinski definition) is 2. The molecule has 2 aliphatic heterocycles. The maximum atomic E-state index is 12.6. The first kappa shape index (κ1) is 22.1. The highest BCUT2D eigenvalue weighted by molar-refractivity contribution is 7.90. The van der Waals surface area contributed by atoms with E-state index in [1.165, 1.54) is 5.56 Å². The fourth-order valence-electron chi connectivity index (χ4n) is 2.94. The molecule has 1 aromatic carbocycles. The molecule has 7 nitrogen and oxygen atoms in total. The normalized spacial score (nSPS) is 18.5. The number of amides is 1. The van der Waals surface area contributed by atoms with Gasteiger partial charge in [-0.25, -0.2) is 8.42 Å². The van der Waals surface area contributed by atoms with E-state index in [1.54, 1.807) is 23.3 Å². The van der Waals surface area contributed by atoms with Gasteiger partial charge in [-0.2, -0.15) is 0 Å². The van der Waals surface area contributed by atoms with Crippen molar-refractivity contribution < 1.29 is 13.2 Å².